The molecule has 1 aromatic heterocycles. The van der Waals surface area contributed by atoms with Crippen molar-refractivity contribution >= 4 is 28.5 Å². The second kappa shape index (κ2) is 5.83. The predicted molar refractivity (Wildman–Crippen MR) is 82.1 cm³/mol. The van der Waals surface area contributed by atoms with E-state index in [-0.39, 0.29) is 17.3 Å². The second-order valence-electron chi connectivity index (χ2n) is 5.02. The third-order valence-corrected chi connectivity index (χ3v) is 3.54. The summed E-state index contributed by atoms with van der Waals surface area (Å²) < 4.78 is 1.94. The van der Waals surface area contributed by atoms with Crippen molar-refractivity contribution in [1.29, 1.82) is 0 Å². The molecule has 0 saturated carbocycles. The second-order valence-corrected chi connectivity index (χ2v) is 5.67. The number of hydrogen-bond acceptors (Lipinski definition) is 2. The Balaban J connectivity index is 2.61. The van der Waals surface area contributed by atoms with Gasteiger partial charge in [0.2, 0.25) is 5.91 Å². The van der Waals surface area contributed by atoms with E-state index in [0.29, 0.717) is 6.54 Å². The normalized spacial score (nSPS) is 14.2. The zero-order chi connectivity index (χ0) is 14.9. The molecule has 2 atom stereocenters. The minimum absolute atomic E-state index is 0.0214. The highest BCUT2D eigenvalue weighted by Crippen LogP contribution is 2.28. The van der Waals surface area contributed by atoms with Crippen LogP contribution in [0.3, 0.4) is 0 Å². The molecule has 0 aliphatic rings. The highest BCUT2D eigenvalue weighted by atomic mass is 35.5. The lowest BCUT2D eigenvalue weighted by molar-refractivity contribution is -0.123. The summed E-state index contributed by atoms with van der Waals surface area (Å²) in [6, 6.07) is 5.69. The van der Waals surface area contributed by atoms with Crippen LogP contribution in [0.25, 0.3) is 11.0 Å². The van der Waals surface area contributed by atoms with Crippen LogP contribution in [-0.4, -0.2) is 22.0 Å². The van der Waals surface area contributed by atoms with Crippen molar-refractivity contribution in [3.05, 3.63) is 29.6 Å². The van der Waals surface area contributed by atoms with Crippen LogP contribution in [0.5, 0.6) is 0 Å². The summed E-state index contributed by atoms with van der Waals surface area (Å²) in [6.07, 6.45) is 0. The number of aromatic nitrogens is 2. The smallest absolute Gasteiger partial charge is 0.242 e. The van der Waals surface area contributed by atoms with Crippen LogP contribution in [-0.2, 0) is 4.79 Å². The van der Waals surface area contributed by atoms with Gasteiger partial charge in [-0.25, -0.2) is 4.98 Å². The van der Waals surface area contributed by atoms with Crippen LogP contribution >= 0.6 is 11.6 Å². The maximum Gasteiger partial charge on any atom is 0.242 e. The molecule has 0 fully saturated rings. The first-order valence-electron chi connectivity index (χ1n) is 6.86. The molecular weight excluding hydrogens is 274 g/mol. The molecule has 1 N–H and O–H groups in total. The number of nitrogens with one attached hydrogen (secondary N) is 1. The predicted octanol–water partition coefficient (Wildman–Crippen LogP) is 3.34. The van der Waals surface area contributed by atoms with E-state index in [9.17, 15) is 4.79 Å². The van der Waals surface area contributed by atoms with Gasteiger partial charge in [0.25, 0.3) is 0 Å². The SMILES string of the molecule is CCNC(=O)C(C)n1c(C(C)Cl)nc2ccc(C)cc21. The molecule has 0 spiro atoms. The van der Waals surface area contributed by atoms with E-state index in [4.69, 9.17) is 11.6 Å². The molecule has 0 aliphatic heterocycles. The zero-order valence-corrected chi connectivity index (χ0v) is 13.0. The van der Waals surface area contributed by atoms with Crippen molar-refractivity contribution in [2.75, 3.05) is 6.54 Å². The molecule has 1 aromatic carbocycles. The lowest BCUT2D eigenvalue weighted by Gasteiger charge is -2.18. The average molecular weight is 294 g/mol. The fraction of sp³-hybridized carbons (Fsp3) is 0.467. The maximum atomic E-state index is 12.1. The zero-order valence-electron chi connectivity index (χ0n) is 12.3. The number of rotatable bonds is 4. The standard InChI is InChI=1S/C15H20ClN3O/c1-5-17-15(20)11(4)19-13-8-9(2)6-7-12(13)18-14(19)10(3)16/h6-8,10-11H,5H2,1-4H3,(H,17,20). The van der Waals surface area contributed by atoms with Crippen molar-refractivity contribution in [1.82, 2.24) is 14.9 Å². The van der Waals surface area contributed by atoms with Crippen molar-refractivity contribution in [2.45, 2.75) is 39.1 Å². The van der Waals surface area contributed by atoms with Gasteiger partial charge in [-0.2, -0.15) is 0 Å². The van der Waals surface area contributed by atoms with Crippen molar-refractivity contribution in [3.8, 4) is 0 Å². The first-order chi connectivity index (χ1) is 9.45. The van der Waals surface area contributed by atoms with Gasteiger partial charge in [-0.05, 0) is 45.4 Å². The van der Waals surface area contributed by atoms with Gasteiger partial charge in [0, 0.05) is 6.54 Å². The monoisotopic (exact) mass is 293 g/mol. The molecule has 2 unspecified atom stereocenters. The quantitative estimate of drug-likeness (QED) is 0.879. The van der Waals surface area contributed by atoms with Crippen molar-refractivity contribution < 1.29 is 4.79 Å². The number of alkyl halides is 1. The number of carbonyl (C=O) groups is 1. The lowest BCUT2D eigenvalue weighted by atomic mass is 10.2. The summed E-state index contributed by atoms with van der Waals surface area (Å²) >= 11 is 6.23. The molecule has 5 heteroatoms. The fourth-order valence-electron chi connectivity index (χ4n) is 2.35. The Bertz CT molecular complexity index is 633. The highest BCUT2D eigenvalue weighted by molar-refractivity contribution is 6.20. The first-order valence-corrected chi connectivity index (χ1v) is 7.29. The number of imidazole rings is 1. The van der Waals surface area contributed by atoms with E-state index in [1.165, 1.54) is 0 Å². The Kier molecular flexibility index (Phi) is 4.33. The van der Waals surface area contributed by atoms with E-state index in [2.05, 4.69) is 10.3 Å². The molecule has 0 aliphatic carbocycles. The number of benzene rings is 1. The molecule has 0 bridgehead atoms. The molecule has 1 heterocycles. The number of halogens is 1. The van der Waals surface area contributed by atoms with Gasteiger partial charge in [-0.3, -0.25) is 4.79 Å². The largest absolute Gasteiger partial charge is 0.355 e. The topological polar surface area (TPSA) is 46.9 Å². The van der Waals surface area contributed by atoms with Gasteiger partial charge in [-0.15, -0.1) is 11.6 Å². The maximum absolute atomic E-state index is 12.1. The summed E-state index contributed by atoms with van der Waals surface area (Å²) in [5, 5.41) is 2.60. The summed E-state index contributed by atoms with van der Waals surface area (Å²) in [6.45, 7) is 8.29. The third-order valence-electron chi connectivity index (χ3n) is 3.35. The lowest BCUT2D eigenvalue weighted by Crippen LogP contribution is -2.31. The number of nitrogens with zero attached hydrogens (tertiary/aromatic N) is 2. The van der Waals surface area contributed by atoms with Crippen LogP contribution in [0.1, 0.15) is 43.6 Å². The highest BCUT2D eigenvalue weighted by Gasteiger charge is 2.23. The Hall–Kier alpha value is -1.55. The van der Waals surface area contributed by atoms with Gasteiger partial charge >= 0.3 is 0 Å². The molecule has 108 valence electrons. The van der Waals surface area contributed by atoms with E-state index in [1.54, 1.807) is 0 Å². The van der Waals surface area contributed by atoms with Crippen LogP contribution < -0.4 is 5.32 Å². The molecule has 20 heavy (non-hydrogen) atoms. The van der Waals surface area contributed by atoms with Crippen LogP contribution in [0.2, 0.25) is 0 Å². The number of aryl methyl sites for hydroxylation is 1. The van der Waals surface area contributed by atoms with Gasteiger partial charge in [0.05, 0.1) is 16.4 Å². The van der Waals surface area contributed by atoms with Crippen LogP contribution in [0.15, 0.2) is 18.2 Å². The average Bonchev–Trinajstić information content (AvgIpc) is 2.76. The van der Waals surface area contributed by atoms with Gasteiger partial charge in [0.15, 0.2) is 0 Å². The molecule has 0 saturated heterocycles. The molecule has 2 aromatic rings. The molecule has 2 rings (SSSR count). The Morgan fingerprint density at radius 2 is 2.15 bits per heavy atom. The van der Waals surface area contributed by atoms with Crippen LogP contribution in [0.4, 0.5) is 0 Å². The Labute approximate surface area is 124 Å². The summed E-state index contributed by atoms with van der Waals surface area (Å²) in [5.41, 5.74) is 2.95. The van der Waals surface area contributed by atoms with Gasteiger partial charge < -0.3 is 9.88 Å². The van der Waals surface area contributed by atoms with E-state index in [0.717, 1.165) is 22.4 Å². The number of carbonyl (C=O) groups excluding carboxylic acids is 1. The fourth-order valence-corrected chi connectivity index (χ4v) is 2.50. The summed E-state index contributed by atoms with van der Waals surface area (Å²) in [4.78, 5) is 16.7. The van der Waals surface area contributed by atoms with Crippen molar-refractivity contribution in [2.24, 2.45) is 0 Å². The van der Waals surface area contributed by atoms with Crippen LogP contribution in [0, 0.1) is 6.92 Å². The number of fused-ring (bicyclic) bond motifs is 1. The number of hydrogen-bond donors (Lipinski definition) is 1. The van der Waals surface area contributed by atoms with E-state index in [1.807, 2.05) is 50.5 Å². The number of likely N-dealkylation sites (N-methyl/N-ethyl adjacent to an activating group) is 1. The first kappa shape index (κ1) is 14.9. The van der Waals surface area contributed by atoms with E-state index < -0.39 is 0 Å². The number of amides is 1. The Morgan fingerprint density at radius 3 is 2.75 bits per heavy atom. The molecule has 4 nitrogen and oxygen atoms in total. The van der Waals surface area contributed by atoms with E-state index >= 15 is 0 Å². The van der Waals surface area contributed by atoms with Gasteiger partial charge in [-0.1, -0.05) is 6.07 Å². The summed E-state index contributed by atoms with van der Waals surface area (Å²) in [7, 11) is 0. The molecule has 1 amide bonds. The third kappa shape index (κ3) is 2.66. The van der Waals surface area contributed by atoms with Gasteiger partial charge in [0.1, 0.15) is 11.9 Å². The van der Waals surface area contributed by atoms with Crippen molar-refractivity contribution in [3.63, 3.8) is 0 Å². The minimum Gasteiger partial charge on any atom is -0.355 e. The molecular formula is C15H20ClN3O. The minimum atomic E-state index is -0.335. The summed E-state index contributed by atoms with van der Waals surface area (Å²) in [5.74, 6) is 0.706. The Morgan fingerprint density at radius 1 is 1.45 bits per heavy atom. The molecule has 0 radical (unpaired) electrons.